The zero-order valence-corrected chi connectivity index (χ0v) is 11.4. The Balaban J connectivity index is 2.17. The number of carbonyl (C=O) groups excluding carboxylic acids is 1. The summed E-state index contributed by atoms with van der Waals surface area (Å²) in [5, 5.41) is 22.8. The fourth-order valence-corrected chi connectivity index (χ4v) is 2.46. The lowest BCUT2D eigenvalue weighted by Gasteiger charge is -2.05. The molecule has 2 rings (SSSR count). The van der Waals surface area contributed by atoms with Crippen molar-refractivity contribution in [2.45, 2.75) is 13.3 Å². The minimum Gasteiger partial charge on any atom is -0.506 e. The molecule has 0 unspecified atom stereocenters. The van der Waals surface area contributed by atoms with Crippen LogP contribution in [0.3, 0.4) is 0 Å². The average Bonchev–Trinajstić information content (AvgIpc) is 2.89. The maximum absolute atomic E-state index is 12.0. The summed E-state index contributed by atoms with van der Waals surface area (Å²) in [6.45, 7) is 2.00. The first-order valence-corrected chi connectivity index (χ1v) is 6.70. The van der Waals surface area contributed by atoms with Gasteiger partial charge in [-0.3, -0.25) is 14.9 Å². The van der Waals surface area contributed by atoms with Gasteiger partial charge in [0.15, 0.2) is 0 Å². The van der Waals surface area contributed by atoms with E-state index in [4.69, 9.17) is 0 Å². The van der Waals surface area contributed by atoms with Crippen LogP contribution in [0.1, 0.15) is 21.5 Å². The van der Waals surface area contributed by atoms with Crippen molar-refractivity contribution >= 4 is 28.6 Å². The fourth-order valence-electron chi connectivity index (χ4n) is 1.61. The van der Waals surface area contributed by atoms with Crippen LogP contribution in [0.15, 0.2) is 30.3 Å². The summed E-state index contributed by atoms with van der Waals surface area (Å²) in [7, 11) is 0. The van der Waals surface area contributed by atoms with Gasteiger partial charge in [0.05, 0.1) is 21.6 Å². The summed E-state index contributed by atoms with van der Waals surface area (Å²) in [5.74, 6) is -0.682. The Kier molecular flexibility index (Phi) is 3.99. The predicted octanol–water partition coefficient (Wildman–Crippen LogP) is 3.18. The van der Waals surface area contributed by atoms with E-state index >= 15 is 0 Å². The van der Waals surface area contributed by atoms with Crippen LogP contribution in [0.5, 0.6) is 5.75 Å². The van der Waals surface area contributed by atoms with Crippen molar-refractivity contribution in [2.75, 3.05) is 5.32 Å². The lowest BCUT2D eigenvalue weighted by molar-refractivity contribution is -0.384. The number of carbonyl (C=O) groups is 1. The molecule has 0 aliphatic rings. The highest BCUT2D eigenvalue weighted by atomic mass is 32.1. The number of phenols is 1. The number of rotatable bonds is 4. The van der Waals surface area contributed by atoms with E-state index in [9.17, 15) is 20.0 Å². The normalized spacial score (nSPS) is 10.2. The largest absolute Gasteiger partial charge is 0.506 e. The quantitative estimate of drug-likeness (QED) is 0.514. The van der Waals surface area contributed by atoms with E-state index in [2.05, 4.69) is 5.32 Å². The SMILES string of the molecule is CCc1ccc(C(=O)Nc2ccc([N+](=O)[O-])cc2O)s1. The van der Waals surface area contributed by atoms with E-state index in [1.54, 1.807) is 6.07 Å². The number of aromatic hydroxyl groups is 1. The molecule has 1 amide bonds. The van der Waals surface area contributed by atoms with Gasteiger partial charge < -0.3 is 10.4 Å². The Bertz CT molecular complexity index is 666. The summed E-state index contributed by atoms with van der Waals surface area (Å²) in [6, 6.07) is 7.11. The molecule has 1 aromatic heterocycles. The highest BCUT2D eigenvalue weighted by Gasteiger charge is 2.14. The van der Waals surface area contributed by atoms with Crippen molar-refractivity contribution in [1.29, 1.82) is 0 Å². The lowest BCUT2D eigenvalue weighted by atomic mass is 10.2. The number of nitrogens with one attached hydrogen (secondary N) is 1. The number of nitro benzene ring substituents is 1. The Morgan fingerprint density at radius 2 is 2.15 bits per heavy atom. The Labute approximate surface area is 118 Å². The molecule has 6 nitrogen and oxygen atoms in total. The molecule has 20 heavy (non-hydrogen) atoms. The van der Waals surface area contributed by atoms with E-state index in [1.807, 2.05) is 13.0 Å². The summed E-state index contributed by atoms with van der Waals surface area (Å²) >= 11 is 1.37. The molecule has 0 saturated heterocycles. The molecule has 2 N–H and O–H groups in total. The molecule has 0 spiro atoms. The van der Waals surface area contributed by atoms with Crippen molar-refractivity contribution in [2.24, 2.45) is 0 Å². The second-order valence-corrected chi connectivity index (χ2v) is 5.20. The van der Waals surface area contributed by atoms with Crippen LogP contribution in [-0.4, -0.2) is 15.9 Å². The number of aryl methyl sites for hydroxylation is 1. The van der Waals surface area contributed by atoms with Crippen LogP contribution in [0.25, 0.3) is 0 Å². The summed E-state index contributed by atoms with van der Waals surface area (Å²) in [5.41, 5.74) is -0.0862. The number of non-ortho nitro benzene ring substituents is 1. The van der Waals surface area contributed by atoms with Crippen LogP contribution in [0.2, 0.25) is 0 Å². The molecule has 0 atom stereocenters. The topological polar surface area (TPSA) is 92.5 Å². The third kappa shape index (κ3) is 2.94. The Morgan fingerprint density at radius 1 is 1.40 bits per heavy atom. The number of hydrogen-bond donors (Lipinski definition) is 2. The lowest BCUT2D eigenvalue weighted by Crippen LogP contribution is -2.10. The Hall–Kier alpha value is -2.41. The van der Waals surface area contributed by atoms with Gasteiger partial charge in [-0.1, -0.05) is 6.92 Å². The molecular formula is C13H12N2O4S. The maximum atomic E-state index is 12.0. The van der Waals surface area contributed by atoms with Gasteiger partial charge >= 0.3 is 0 Å². The number of anilines is 1. The molecule has 1 heterocycles. The van der Waals surface area contributed by atoms with Gasteiger partial charge in [0, 0.05) is 10.9 Å². The zero-order valence-electron chi connectivity index (χ0n) is 10.6. The van der Waals surface area contributed by atoms with Crippen LogP contribution in [-0.2, 0) is 6.42 Å². The first-order chi connectivity index (χ1) is 9.51. The molecule has 0 aliphatic heterocycles. The highest BCUT2D eigenvalue weighted by molar-refractivity contribution is 7.14. The van der Waals surface area contributed by atoms with Gasteiger partial charge in [0.2, 0.25) is 0 Å². The van der Waals surface area contributed by atoms with Crippen LogP contribution in [0, 0.1) is 10.1 Å². The minimum absolute atomic E-state index is 0.145. The van der Waals surface area contributed by atoms with Gasteiger partial charge in [-0.2, -0.15) is 0 Å². The van der Waals surface area contributed by atoms with Crippen LogP contribution >= 0.6 is 11.3 Å². The molecule has 0 bridgehead atoms. The second-order valence-electron chi connectivity index (χ2n) is 4.03. The molecule has 7 heteroatoms. The number of nitrogens with zero attached hydrogens (tertiary/aromatic N) is 1. The molecule has 2 aromatic rings. The zero-order chi connectivity index (χ0) is 14.7. The van der Waals surface area contributed by atoms with Crippen LogP contribution in [0.4, 0.5) is 11.4 Å². The number of amides is 1. The monoisotopic (exact) mass is 292 g/mol. The van der Waals surface area contributed by atoms with Crippen LogP contribution < -0.4 is 5.32 Å². The third-order valence-electron chi connectivity index (χ3n) is 2.67. The van der Waals surface area contributed by atoms with Gasteiger partial charge in [-0.15, -0.1) is 11.3 Å². The third-order valence-corrected chi connectivity index (χ3v) is 3.90. The first kappa shape index (κ1) is 14.0. The predicted molar refractivity (Wildman–Crippen MR) is 76.4 cm³/mol. The fraction of sp³-hybridized carbons (Fsp3) is 0.154. The second kappa shape index (κ2) is 5.70. The van der Waals surface area contributed by atoms with Crippen molar-refractivity contribution in [1.82, 2.24) is 0 Å². The van der Waals surface area contributed by atoms with Crippen molar-refractivity contribution in [3.8, 4) is 5.75 Å². The van der Waals surface area contributed by atoms with Gasteiger partial charge in [0.1, 0.15) is 5.75 Å². The molecule has 0 fully saturated rings. The summed E-state index contributed by atoms with van der Waals surface area (Å²) in [4.78, 5) is 23.5. The van der Waals surface area contributed by atoms with E-state index < -0.39 is 4.92 Å². The first-order valence-electron chi connectivity index (χ1n) is 5.88. The standard InChI is InChI=1S/C13H12N2O4S/c1-2-9-4-6-12(20-9)13(17)14-10-5-3-8(15(18)19)7-11(10)16/h3-7,16H,2H2,1H3,(H,14,17). The van der Waals surface area contributed by atoms with Crippen molar-refractivity contribution < 1.29 is 14.8 Å². The molecule has 0 saturated carbocycles. The van der Waals surface area contributed by atoms with E-state index in [-0.39, 0.29) is 23.0 Å². The van der Waals surface area contributed by atoms with Crippen molar-refractivity contribution in [3.63, 3.8) is 0 Å². The molecule has 104 valence electrons. The summed E-state index contributed by atoms with van der Waals surface area (Å²) < 4.78 is 0. The summed E-state index contributed by atoms with van der Waals surface area (Å²) in [6.07, 6.45) is 0.848. The highest BCUT2D eigenvalue weighted by Crippen LogP contribution is 2.28. The number of hydrogen-bond acceptors (Lipinski definition) is 5. The molecule has 1 aromatic carbocycles. The van der Waals surface area contributed by atoms with Gasteiger partial charge in [-0.05, 0) is 24.6 Å². The van der Waals surface area contributed by atoms with Gasteiger partial charge in [0.25, 0.3) is 11.6 Å². The number of thiophene rings is 1. The average molecular weight is 292 g/mol. The van der Waals surface area contributed by atoms with Crippen molar-refractivity contribution in [3.05, 3.63) is 50.2 Å². The van der Waals surface area contributed by atoms with E-state index in [0.29, 0.717) is 4.88 Å². The maximum Gasteiger partial charge on any atom is 0.273 e. The number of benzene rings is 1. The van der Waals surface area contributed by atoms with Gasteiger partial charge in [-0.25, -0.2) is 0 Å². The Morgan fingerprint density at radius 3 is 2.70 bits per heavy atom. The number of nitro groups is 1. The molecular weight excluding hydrogens is 280 g/mol. The van der Waals surface area contributed by atoms with E-state index in [0.717, 1.165) is 17.4 Å². The number of phenolic OH excluding ortho intramolecular Hbond substituents is 1. The smallest absolute Gasteiger partial charge is 0.273 e. The minimum atomic E-state index is -0.613. The molecule has 0 radical (unpaired) electrons. The van der Waals surface area contributed by atoms with E-state index in [1.165, 1.54) is 23.5 Å². The molecule has 0 aliphatic carbocycles.